The molecule has 22 heavy (non-hydrogen) atoms. The summed E-state index contributed by atoms with van der Waals surface area (Å²) in [6, 6.07) is 4.31. The van der Waals surface area contributed by atoms with Gasteiger partial charge in [0.2, 0.25) is 0 Å². The van der Waals surface area contributed by atoms with E-state index >= 15 is 0 Å². The lowest BCUT2D eigenvalue weighted by molar-refractivity contribution is 0.308. The van der Waals surface area contributed by atoms with E-state index in [4.69, 9.17) is 4.99 Å². The SMILES string of the molecule is CCNC(=NCC(C)(C)c1cccs1)NCCN(CC)CC. The first-order chi connectivity index (χ1) is 10.5. The summed E-state index contributed by atoms with van der Waals surface area (Å²) >= 11 is 1.81. The van der Waals surface area contributed by atoms with E-state index in [9.17, 15) is 0 Å². The molecule has 0 saturated carbocycles. The van der Waals surface area contributed by atoms with Crippen LogP contribution < -0.4 is 10.6 Å². The van der Waals surface area contributed by atoms with E-state index in [1.165, 1.54) is 4.88 Å². The molecule has 0 unspecified atom stereocenters. The molecule has 0 bridgehead atoms. The molecule has 1 aromatic rings. The quantitative estimate of drug-likeness (QED) is 0.542. The Bertz CT molecular complexity index is 422. The van der Waals surface area contributed by atoms with Crippen molar-refractivity contribution in [3.8, 4) is 0 Å². The van der Waals surface area contributed by atoms with Crippen LogP contribution >= 0.6 is 11.3 Å². The summed E-state index contributed by atoms with van der Waals surface area (Å²) in [6.07, 6.45) is 0. The molecule has 0 spiro atoms. The highest BCUT2D eigenvalue weighted by atomic mass is 32.1. The van der Waals surface area contributed by atoms with Crippen molar-refractivity contribution in [1.82, 2.24) is 15.5 Å². The Labute approximate surface area is 140 Å². The molecule has 0 saturated heterocycles. The molecule has 0 aliphatic heterocycles. The summed E-state index contributed by atoms with van der Waals surface area (Å²) in [5, 5.41) is 8.91. The van der Waals surface area contributed by atoms with E-state index in [-0.39, 0.29) is 5.41 Å². The van der Waals surface area contributed by atoms with Crippen molar-refractivity contribution in [3.05, 3.63) is 22.4 Å². The number of rotatable bonds is 9. The fraction of sp³-hybridized carbons (Fsp3) is 0.706. The van der Waals surface area contributed by atoms with Gasteiger partial charge in [0.05, 0.1) is 6.54 Å². The molecule has 126 valence electrons. The lowest BCUT2D eigenvalue weighted by Gasteiger charge is -2.22. The minimum absolute atomic E-state index is 0.0788. The average Bonchev–Trinajstić information content (AvgIpc) is 3.04. The topological polar surface area (TPSA) is 39.7 Å². The molecule has 1 heterocycles. The molecular formula is C17H32N4S. The van der Waals surface area contributed by atoms with Gasteiger partial charge in [0.15, 0.2) is 5.96 Å². The minimum Gasteiger partial charge on any atom is -0.357 e. The number of hydrogen-bond donors (Lipinski definition) is 2. The van der Waals surface area contributed by atoms with Crippen LogP contribution in [0.15, 0.2) is 22.5 Å². The zero-order chi connectivity index (χ0) is 16.4. The third kappa shape index (κ3) is 6.36. The molecule has 0 fully saturated rings. The van der Waals surface area contributed by atoms with E-state index in [1.807, 2.05) is 0 Å². The molecule has 0 aliphatic carbocycles. The number of likely N-dealkylation sites (N-methyl/N-ethyl adjacent to an activating group) is 1. The Balaban J connectivity index is 2.54. The maximum Gasteiger partial charge on any atom is 0.191 e. The summed E-state index contributed by atoms with van der Waals surface area (Å²) in [6.45, 7) is 16.8. The van der Waals surface area contributed by atoms with Crippen LogP contribution in [0.5, 0.6) is 0 Å². The first-order valence-corrected chi connectivity index (χ1v) is 9.20. The van der Waals surface area contributed by atoms with Crippen molar-refractivity contribution in [2.24, 2.45) is 4.99 Å². The molecule has 1 aromatic heterocycles. The van der Waals surface area contributed by atoms with Crippen LogP contribution in [0.4, 0.5) is 0 Å². The van der Waals surface area contributed by atoms with Crippen molar-refractivity contribution in [2.45, 2.75) is 40.0 Å². The predicted octanol–water partition coefficient (Wildman–Crippen LogP) is 2.92. The summed E-state index contributed by atoms with van der Waals surface area (Å²) in [4.78, 5) is 8.57. The largest absolute Gasteiger partial charge is 0.357 e. The number of guanidine groups is 1. The van der Waals surface area contributed by atoms with E-state index in [0.717, 1.165) is 45.2 Å². The van der Waals surface area contributed by atoms with Gasteiger partial charge in [-0.3, -0.25) is 4.99 Å². The summed E-state index contributed by atoms with van der Waals surface area (Å²) < 4.78 is 0. The number of aliphatic imine (C=N–C) groups is 1. The van der Waals surface area contributed by atoms with Crippen LogP contribution in [-0.4, -0.2) is 50.1 Å². The van der Waals surface area contributed by atoms with Gasteiger partial charge in [0, 0.05) is 29.9 Å². The highest BCUT2D eigenvalue weighted by Crippen LogP contribution is 2.27. The molecule has 0 atom stereocenters. The Morgan fingerprint density at radius 1 is 1.23 bits per heavy atom. The van der Waals surface area contributed by atoms with E-state index in [2.05, 4.69) is 67.7 Å². The first-order valence-electron chi connectivity index (χ1n) is 8.32. The van der Waals surface area contributed by atoms with Gasteiger partial charge >= 0.3 is 0 Å². The smallest absolute Gasteiger partial charge is 0.191 e. The highest BCUT2D eigenvalue weighted by molar-refractivity contribution is 7.10. The van der Waals surface area contributed by atoms with Crippen molar-refractivity contribution in [3.63, 3.8) is 0 Å². The maximum atomic E-state index is 4.77. The van der Waals surface area contributed by atoms with E-state index in [1.54, 1.807) is 11.3 Å². The molecule has 0 aromatic carbocycles. The molecular weight excluding hydrogens is 292 g/mol. The van der Waals surface area contributed by atoms with Crippen molar-refractivity contribution < 1.29 is 0 Å². The molecule has 0 amide bonds. The van der Waals surface area contributed by atoms with Crippen LogP contribution in [0.1, 0.15) is 39.5 Å². The van der Waals surface area contributed by atoms with Gasteiger partial charge in [-0.25, -0.2) is 0 Å². The second kappa shape index (κ2) is 9.85. The summed E-state index contributed by atoms with van der Waals surface area (Å²) in [5.74, 6) is 0.916. The van der Waals surface area contributed by atoms with Crippen LogP contribution in [0.3, 0.4) is 0 Å². The predicted molar refractivity (Wildman–Crippen MR) is 99.1 cm³/mol. The normalized spacial score (nSPS) is 12.7. The van der Waals surface area contributed by atoms with Gasteiger partial charge in [-0.15, -0.1) is 11.3 Å². The number of thiophene rings is 1. The number of nitrogens with zero attached hydrogens (tertiary/aromatic N) is 2. The second-order valence-corrected chi connectivity index (χ2v) is 6.96. The summed E-state index contributed by atoms with van der Waals surface area (Å²) in [5.41, 5.74) is 0.0788. The van der Waals surface area contributed by atoms with Crippen LogP contribution in [-0.2, 0) is 5.41 Å². The Kier molecular flexibility index (Phi) is 8.49. The third-order valence-electron chi connectivity index (χ3n) is 3.78. The third-order valence-corrected chi connectivity index (χ3v) is 5.02. The van der Waals surface area contributed by atoms with Gasteiger partial charge in [-0.05, 0) is 31.5 Å². The maximum absolute atomic E-state index is 4.77. The van der Waals surface area contributed by atoms with Crippen LogP contribution in [0.2, 0.25) is 0 Å². The van der Waals surface area contributed by atoms with Crippen molar-refractivity contribution in [2.75, 3.05) is 39.3 Å². The zero-order valence-corrected chi connectivity index (χ0v) is 15.6. The molecule has 5 heteroatoms. The minimum atomic E-state index is 0.0788. The second-order valence-electron chi connectivity index (χ2n) is 6.01. The molecule has 1 rings (SSSR count). The van der Waals surface area contributed by atoms with Crippen LogP contribution in [0.25, 0.3) is 0 Å². The molecule has 2 N–H and O–H groups in total. The highest BCUT2D eigenvalue weighted by Gasteiger charge is 2.21. The zero-order valence-electron chi connectivity index (χ0n) is 14.8. The fourth-order valence-electron chi connectivity index (χ4n) is 2.23. The van der Waals surface area contributed by atoms with E-state index in [0.29, 0.717) is 0 Å². The lowest BCUT2D eigenvalue weighted by atomic mass is 9.92. The van der Waals surface area contributed by atoms with Gasteiger partial charge in [-0.1, -0.05) is 33.8 Å². The van der Waals surface area contributed by atoms with Gasteiger partial charge in [-0.2, -0.15) is 0 Å². The molecule has 0 radical (unpaired) electrons. The monoisotopic (exact) mass is 324 g/mol. The van der Waals surface area contributed by atoms with Gasteiger partial charge in [0.1, 0.15) is 0 Å². The van der Waals surface area contributed by atoms with Crippen LogP contribution in [0, 0.1) is 0 Å². The van der Waals surface area contributed by atoms with Crippen molar-refractivity contribution >= 4 is 17.3 Å². The average molecular weight is 325 g/mol. The standard InChI is InChI=1S/C17H32N4S/c1-6-18-16(19-11-12-21(7-2)8-3)20-14-17(4,5)15-10-9-13-22-15/h9-10,13H,6-8,11-12,14H2,1-5H3,(H2,18,19,20). The van der Waals surface area contributed by atoms with Crippen molar-refractivity contribution in [1.29, 1.82) is 0 Å². The van der Waals surface area contributed by atoms with E-state index < -0.39 is 0 Å². The Hall–Kier alpha value is -1.07. The lowest BCUT2D eigenvalue weighted by Crippen LogP contribution is -2.42. The fourth-order valence-corrected chi connectivity index (χ4v) is 3.08. The number of hydrogen-bond acceptors (Lipinski definition) is 3. The van der Waals surface area contributed by atoms with Gasteiger partial charge < -0.3 is 15.5 Å². The first kappa shape index (κ1) is 19.0. The van der Waals surface area contributed by atoms with Gasteiger partial charge in [0.25, 0.3) is 0 Å². The Morgan fingerprint density at radius 3 is 2.50 bits per heavy atom. The Morgan fingerprint density at radius 2 is 1.95 bits per heavy atom. The summed E-state index contributed by atoms with van der Waals surface area (Å²) in [7, 11) is 0. The number of nitrogens with one attached hydrogen (secondary N) is 2. The molecule has 4 nitrogen and oxygen atoms in total. The molecule has 0 aliphatic rings.